The standard InChI is InChI=1S/C17H27NO2/c1-9(2)10(3)11(4)14-16(19)15(17(14)20)12(5)13(6)18(7)8/h9-10,19H,1-8H3. The van der Waals surface area contributed by atoms with Gasteiger partial charge in [-0.2, -0.15) is 0 Å². The van der Waals surface area contributed by atoms with Crippen molar-refractivity contribution >= 4 is 5.78 Å². The summed E-state index contributed by atoms with van der Waals surface area (Å²) in [5.41, 5.74) is 3.83. The van der Waals surface area contributed by atoms with Gasteiger partial charge in [0.25, 0.3) is 0 Å². The summed E-state index contributed by atoms with van der Waals surface area (Å²) in [6, 6.07) is 0. The van der Waals surface area contributed by atoms with Crippen molar-refractivity contribution in [2.45, 2.75) is 41.5 Å². The second kappa shape index (κ2) is 5.86. The summed E-state index contributed by atoms with van der Waals surface area (Å²) in [7, 11) is 3.87. The van der Waals surface area contributed by atoms with Gasteiger partial charge in [-0.05, 0) is 38.2 Å². The Morgan fingerprint density at radius 3 is 1.95 bits per heavy atom. The maximum Gasteiger partial charge on any atom is 0.200 e. The number of ketones is 1. The van der Waals surface area contributed by atoms with Crippen molar-refractivity contribution in [3.05, 3.63) is 33.7 Å². The van der Waals surface area contributed by atoms with E-state index in [0.717, 1.165) is 16.8 Å². The van der Waals surface area contributed by atoms with Crippen LogP contribution >= 0.6 is 0 Å². The Balaban J connectivity index is 3.28. The fourth-order valence-electron chi connectivity index (χ4n) is 2.36. The lowest BCUT2D eigenvalue weighted by atomic mass is 9.76. The first kappa shape index (κ1) is 16.5. The van der Waals surface area contributed by atoms with Gasteiger partial charge in [0.2, 0.25) is 5.78 Å². The molecule has 112 valence electrons. The number of rotatable bonds is 4. The van der Waals surface area contributed by atoms with Gasteiger partial charge in [0.15, 0.2) is 0 Å². The summed E-state index contributed by atoms with van der Waals surface area (Å²) in [6.45, 7) is 12.1. The zero-order valence-electron chi connectivity index (χ0n) is 14.0. The third kappa shape index (κ3) is 2.67. The molecule has 0 radical (unpaired) electrons. The number of Topliss-reactive ketones (excluding diaryl/α,β-unsaturated/α-hetero) is 1. The first-order chi connectivity index (χ1) is 9.11. The lowest BCUT2D eigenvalue weighted by Crippen LogP contribution is -2.28. The van der Waals surface area contributed by atoms with Crippen LogP contribution in [0.25, 0.3) is 0 Å². The van der Waals surface area contributed by atoms with E-state index in [1.165, 1.54) is 0 Å². The Labute approximate surface area is 122 Å². The minimum absolute atomic E-state index is 0.0220. The quantitative estimate of drug-likeness (QED) is 0.794. The molecule has 0 saturated heterocycles. The van der Waals surface area contributed by atoms with Crippen molar-refractivity contribution in [2.75, 3.05) is 14.1 Å². The Bertz CT molecular complexity index is 519. The molecule has 1 aliphatic rings. The Morgan fingerprint density at radius 2 is 1.60 bits per heavy atom. The Morgan fingerprint density at radius 1 is 1.10 bits per heavy atom. The van der Waals surface area contributed by atoms with Gasteiger partial charge in [0.1, 0.15) is 5.76 Å². The molecule has 0 saturated carbocycles. The second-order valence-electron chi connectivity index (χ2n) is 6.25. The largest absolute Gasteiger partial charge is 0.506 e. The van der Waals surface area contributed by atoms with Crippen LogP contribution in [-0.4, -0.2) is 29.9 Å². The average Bonchev–Trinajstić information content (AvgIpc) is 2.36. The van der Waals surface area contributed by atoms with Crippen LogP contribution < -0.4 is 0 Å². The summed E-state index contributed by atoms with van der Waals surface area (Å²) in [5.74, 6) is 0.883. The van der Waals surface area contributed by atoms with Crippen LogP contribution in [0.1, 0.15) is 41.5 Å². The summed E-state index contributed by atoms with van der Waals surface area (Å²) < 4.78 is 0. The number of carbonyl (C=O) groups excluding carboxylic acids is 1. The van der Waals surface area contributed by atoms with E-state index in [-0.39, 0.29) is 17.5 Å². The molecule has 0 aromatic heterocycles. The number of carbonyl (C=O) groups is 1. The van der Waals surface area contributed by atoms with Crippen LogP contribution in [0.2, 0.25) is 0 Å². The highest BCUT2D eigenvalue weighted by Gasteiger charge is 2.37. The average molecular weight is 277 g/mol. The topological polar surface area (TPSA) is 40.5 Å². The number of hydrogen-bond acceptors (Lipinski definition) is 3. The van der Waals surface area contributed by atoms with Crippen molar-refractivity contribution in [1.29, 1.82) is 0 Å². The van der Waals surface area contributed by atoms with E-state index in [2.05, 4.69) is 20.8 Å². The minimum atomic E-state index is -0.0220. The van der Waals surface area contributed by atoms with E-state index < -0.39 is 0 Å². The van der Waals surface area contributed by atoms with Gasteiger partial charge >= 0.3 is 0 Å². The lowest BCUT2D eigenvalue weighted by molar-refractivity contribution is -0.113. The highest BCUT2D eigenvalue weighted by Crippen LogP contribution is 2.39. The number of aliphatic hydroxyl groups is 1. The summed E-state index contributed by atoms with van der Waals surface area (Å²) in [4.78, 5) is 14.3. The van der Waals surface area contributed by atoms with Gasteiger partial charge in [0.05, 0.1) is 11.1 Å². The first-order valence-corrected chi connectivity index (χ1v) is 7.15. The molecule has 0 spiro atoms. The SMILES string of the molecule is CC(C1=C(O)C(=C(C)C(C)C(C)C)C1=O)=C(C)N(C)C. The van der Waals surface area contributed by atoms with E-state index in [1.54, 1.807) is 0 Å². The summed E-state index contributed by atoms with van der Waals surface area (Å²) in [5, 5.41) is 10.3. The fourth-order valence-corrected chi connectivity index (χ4v) is 2.36. The predicted octanol–water partition coefficient (Wildman–Crippen LogP) is 3.85. The van der Waals surface area contributed by atoms with Gasteiger partial charge in [-0.25, -0.2) is 0 Å². The lowest BCUT2D eigenvalue weighted by Gasteiger charge is -2.29. The number of aliphatic hydroxyl groups excluding tert-OH is 1. The van der Waals surface area contributed by atoms with E-state index in [9.17, 15) is 9.90 Å². The molecule has 3 nitrogen and oxygen atoms in total. The predicted molar refractivity (Wildman–Crippen MR) is 83.4 cm³/mol. The highest BCUT2D eigenvalue weighted by molar-refractivity contribution is 6.22. The van der Waals surface area contributed by atoms with Crippen molar-refractivity contribution < 1.29 is 9.90 Å². The molecule has 0 aromatic rings. The van der Waals surface area contributed by atoms with Crippen LogP contribution in [0.5, 0.6) is 0 Å². The van der Waals surface area contributed by atoms with Gasteiger partial charge in [0, 0.05) is 19.8 Å². The zero-order valence-corrected chi connectivity index (χ0v) is 14.0. The van der Waals surface area contributed by atoms with Gasteiger partial charge in [-0.3, -0.25) is 4.79 Å². The molecule has 0 bridgehead atoms. The summed E-state index contributed by atoms with van der Waals surface area (Å²) in [6.07, 6.45) is 0. The maximum absolute atomic E-state index is 12.4. The van der Waals surface area contributed by atoms with Crippen LogP contribution in [0.3, 0.4) is 0 Å². The fraction of sp³-hybridized carbons (Fsp3) is 0.588. The minimum Gasteiger partial charge on any atom is -0.506 e. The smallest absolute Gasteiger partial charge is 0.200 e. The number of allylic oxidation sites excluding steroid dienone is 5. The van der Waals surface area contributed by atoms with Gasteiger partial charge < -0.3 is 10.0 Å². The van der Waals surface area contributed by atoms with E-state index in [1.807, 2.05) is 39.8 Å². The Kier molecular flexibility index (Phi) is 4.85. The first-order valence-electron chi connectivity index (χ1n) is 7.15. The molecule has 1 rings (SSSR count). The zero-order chi connectivity index (χ0) is 15.8. The highest BCUT2D eigenvalue weighted by atomic mass is 16.3. The van der Waals surface area contributed by atoms with Crippen LogP contribution in [0.15, 0.2) is 33.7 Å². The molecule has 1 N–H and O–H groups in total. The molecular formula is C17H27NO2. The van der Waals surface area contributed by atoms with E-state index in [4.69, 9.17) is 0 Å². The molecule has 1 aliphatic carbocycles. The van der Waals surface area contributed by atoms with Crippen molar-refractivity contribution in [3.63, 3.8) is 0 Å². The molecule has 20 heavy (non-hydrogen) atoms. The summed E-state index contributed by atoms with van der Waals surface area (Å²) >= 11 is 0. The molecule has 0 fully saturated rings. The Hall–Kier alpha value is -1.51. The van der Waals surface area contributed by atoms with Gasteiger partial charge in [-0.15, -0.1) is 0 Å². The van der Waals surface area contributed by atoms with Crippen LogP contribution in [0, 0.1) is 11.8 Å². The molecule has 0 aliphatic heterocycles. The van der Waals surface area contributed by atoms with Crippen LogP contribution in [0.4, 0.5) is 0 Å². The monoisotopic (exact) mass is 277 g/mol. The number of hydrogen-bond donors (Lipinski definition) is 1. The number of nitrogens with zero attached hydrogens (tertiary/aromatic N) is 1. The van der Waals surface area contributed by atoms with Crippen molar-refractivity contribution in [1.82, 2.24) is 4.90 Å². The van der Waals surface area contributed by atoms with E-state index in [0.29, 0.717) is 17.1 Å². The molecular weight excluding hydrogens is 250 g/mol. The maximum atomic E-state index is 12.4. The molecule has 0 heterocycles. The molecule has 3 heteroatoms. The van der Waals surface area contributed by atoms with Gasteiger partial charge in [-0.1, -0.05) is 26.3 Å². The molecule has 1 atom stereocenters. The molecule has 0 aromatic carbocycles. The normalized spacial score (nSPS) is 20.8. The molecule has 0 amide bonds. The van der Waals surface area contributed by atoms with E-state index >= 15 is 0 Å². The molecule has 1 unspecified atom stereocenters. The second-order valence-corrected chi connectivity index (χ2v) is 6.25. The van der Waals surface area contributed by atoms with Crippen molar-refractivity contribution in [3.8, 4) is 0 Å². The van der Waals surface area contributed by atoms with Crippen molar-refractivity contribution in [2.24, 2.45) is 11.8 Å². The third-order valence-electron chi connectivity index (χ3n) is 4.59. The van der Waals surface area contributed by atoms with Crippen LogP contribution in [-0.2, 0) is 4.79 Å². The third-order valence-corrected chi connectivity index (χ3v) is 4.59.